The van der Waals surface area contributed by atoms with Crippen LogP contribution in [0, 0.1) is 6.92 Å². The van der Waals surface area contributed by atoms with Gasteiger partial charge in [-0.15, -0.1) is 5.10 Å². The summed E-state index contributed by atoms with van der Waals surface area (Å²) in [6.45, 7) is 5.68. The van der Waals surface area contributed by atoms with Crippen LogP contribution in [0.1, 0.15) is 18.1 Å². The Labute approximate surface area is 159 Å². The van der Waals surface area contributed by atoms with Crippen molar-refractivity contribution < 1.29 is 0 Å². The molecule has 3 aromatic rings. The van der Waals surface area contributed by atoms with Gasteiger partial charge in [0.2, 0.25) is 5.95 Å². The summed E-state index contributed by atoms with van der Waals surface area (Å²) in [5.74, 6) is 1.30. The average Bonchev–Trinajstić information content (AvgIpc) is 2.63. The van der Waals surface area contributed by atoms with Gasteiger partial charge in [0, 0.05) is 23.8 Å². The fourth-order valence-electron chi connectivity index (χ4n) is 2.78. The normalized spacial score (nSPS) is 10.6. The Kier molecular flexibility index (Phi) is 6.02. The van der Waals surface area contributed by atoms with Crippen LogP contribution in [0.4, 0.5) is 17.5 Å². The van der Waals surface area contributed by atoms with Crippen molar-refractivity contribution in [1.82, 2.24) is 15.2 Å². The number of halogens is 1. The predicted molar refractivity (Wildman–Crippen MR) is 107 cm³/mol. The van der Waals surface area contributed by atoms with Crippen molar-refractivity contribution in [2.75, 3.05) is 23.3 Å². The molecule has 0 unspecified atom stereocenters. The highest BCUT2D eigenvalue weighted by molar-refractivity contribution is 6.30. The van der Waals surface area contributed by atoms with E-state index >= 15 is 0 Å². The van der Waals surface area contributed by atoms with Crippen LogP contribution in [-0.4, -0.2) is 28.3 Å². The van der Waals surface area contributed by atoms with E-state index in [1.807, 2.05) is 24.3 Å². The highest BCUT2D eigenvalue weighted by atomic mass is 35.5. The number of aromatic nitrogens is 3. The molecule has 0 amide bonds. The van der Waals surface area contributed by atoms with E-state index < -0.39 is 0 Å². The zero-order valence-corrected chi connectivity index (χ0v) is 15.7. The van der Waals surface area contributed by atoms with E-state index in [4.69, 9.17) is 11.6 Å². The van der Waals surface area contributed by atoms with E-state index in [1.54, 1.807) is 6.20 Å². The Hall–Kier alpha value is -2.66. The number of hydrogen-bond donors (Lipinski definition) is 1. The molecular formula is C20H22ClN5. The number of benzene rings is 2. The summed E-state index contributed by atoms with van der Waals surface area (Å²) in [6, 6.07) is 16.2. The van der Waals surface area contributed by atoms with Gasteiger partial charge in [-0.25, -0.2) is 0 Å². The molecule has 1 N–H and O–H groups in total. The van der Waals surface area contributed by atoms with Crippen molar-refractivity contribution in [3.8, 4) is 0 Å². The molecule has 3 rings (SSSR count). The van der Waals surface area contributed by atoms with Gasteiger partial charge in [0.25, 0.3) is 0 Å². The first-order valence-electron chi connectivity index (χ1n) is 8.68. The van der Waals surface area contributed by atoms with E-state index in [2.05, 4.69) is 63.5 Å². The molecule has 0 aliphatic rings. The van der Waals surface area contributed by atoms with Crippen LogP contribution in [0.2, 0.25) is 5.02 Å². The molecule has 0 aliphatic heterocycles. The van der Waals surface area contributed by atoms with Gasteiger partial charge in [0.05, 0.1) is 6.20 Å². The second-order valence-corrected chi connectivity index (χ2v) is 6.46. The Morgan fingerprint density at radius 1 is 1.12 bits per heavy atom. The maximum atomic E-state index is 6.02. The van der Waals surface area contributed by atoms with E-state index in [1.165, 1.54) is 11.1 Å². The lowest BCUT2D eigenvalue weighted by Crippen LogP contribution is -2.19. The molecule has 5 nitrogen and oxygen atoms in total. The standard InChI is InChI=1S/C20H22ClN5/c1-3-26(18-9-4-6-15(2)12-18)19-14-23-25-20(24-19)22-11-10-16-7-5-8-17(21)13-16/h4-9,12-14H,3,10-11H2,1-2H3,(H,22,24,25). The summed E-state index contributed by atoms with van der Waals surface area (Å²) in [4.78, 5) is 6.73. The minimum absolute atomic E-state index is 0.524. The lowest BCUT2D eigenvalue weighted by atomic mass is 10.1. The first-order valence-corrected chi connectivity index (χ1v) is 9.06. The molecule has 1 aromatic heterocycles. The minimum Gasteiger partial charge on any atom is -0.353 e. The molecule has 6 heteroatoms. The molecular weight excluding hydrogens is 346 g/mol. The van der Waals surface area contributed by atoms with E-state index in [0.717, 1.165) is 29.5 Å². The molecule has 1 heterocycles. The van der Waals surface area contributed by atoms with Crippen LogP contribution in [0.5, 0.6) is 0 Å². The zero-order valence-electron chi connectivity index (χ0n) is 15.0. The Balaban J connectivity index is 1.69. The molecule has 0 fully saturated rings. The summed E-state index contributed by atoms with van der Waals surface area (Å²) >= 11 is 6.02. The SMILES string of the molecule is CCN(c1cccc(C)c1)c1cnnc(NCCc2cccc(Cl)c2)n1. The summed E-state index contributed by atoms with van der Waals surface area (Å²) < 4.78 is 0. The molecule has 0 bridgehead atoms. The van der Waals surface area contributed by atoms with Crippen LogP contribution < -0.4 is 10.2 Å². The van der Waals surface area contributed by atoms with Gasteiger partial charge in [-0.1, -0.05) is 35.9 Å². The lowest BCUT2D eigenvalue weighted by Gasteiger charge is -2.22. The number of hydrogen-bond acceptors (Lipinski definition) is 5. The van der Waals surface area contributed by atoms with E-state index in [9.17, 15) is 0 Å². The fourth-order valence-corrected chi connectivity index (χ4v) is 3.00. The van der Waals surface area contributed by atoms with Crippen LogP contribution >= 0.6 is 11.6 Å². The molecule has 0 aliphatic carbocycles. The first kappa shape index (κ1) is 18.1. The molecule has 0 radical (unpaired) electrons. The smallest absolute Gasteiger partial charge is 0.244 e. The van der Waals surface area contributed by atoms with Crippen molar-refractivity contribution >= 4 is 29.1 Å². The van der Waals surface area contributed by atoms with Gasteiger partial charge in [-0.2, -0.15) is 10.1 Å². The average molecular weight is 368 g/mol. The summed E-state index contributed by atoms with van der Waals surface area (Å²) in [5, 5.41) is 12.2. The fraction of sp³-hybridized carbons (Fsp3) is 0.250. The van der Waals surface area contributed by atoms with Crippen molar-refractivity contribution in [1.29, 1.82) is 0 Å². The van der Waals surface area contributed by atoms with Crippen molar-refractivity contribution in [2.24, 2.45) is 0 Å². The molecule has 0 saturated heterocycles. The molecule has 26 heavy (non-hydrogen) atoms. The summed E-state index contributed by atoms with van der Waals surface area (Å²) in [6.07, 6.45) is 2.53. The van der Waals surface area contributed by atoms with Crippen LogP contribution in [-0.2, 0) is 6.42 Å². The second-order valence-electron chi connectivity index (χ2n) is 6.03. The van der Waals surface area contributed by atoms with Crippen molar-refractivity contribution in [2.45, 2.75) is 20.3 Å². The highest BCUT2D eigenvalue weighted by Crippen LogP contribution is 2.23. The number of rotatable bonds is 7. The summed E-state index contributed by atoms with van der Waals surface area (Å²) in [5.41, 5.74) is 3.48. The Morgan fingerprint density at radius 3 is 2.73 bits per heavy atom. The van der Waals surface area contributed by atoms with Crippen LogP contribution in [0.25, 0.3) is 0 Å². The lowest BCUT2D eigenvalue weighted by molar-refractivity contribution is 0.896. The molecule has 134 valence electrons. The molecule has 0 saturated carbocycles. The van der Waals surface area contributed by atoms with E-state index in [0.29, 0.717) is 12.5 Å². The Morgan fingerprint density at radius 2 is 1.96 bits per heavy atom. The summed E-state index contributed by atoms with van der Waals surface area (Å²) in [7, 11) is 0. The van der Waals surface area contributed by atoms with Gasteiger partial charge in [0.15, 0.2) is 5.82 Å². The van der Waals surface area contributed by atoms with Crippen LogP contribution in [0.3, 0.4) is 0 Å². The number of aryl methyl sites for hydroxylation is 1. The Bertz CT molecular complexity index is 868. The van der Waals surface area contributed by atoms with Crippen molar-refractivity contribution in [3.05, 3.63) is 70.9 Å². The van der Waals surface area contributed by atoms with Crippen molar-refractivity contribution in [3.63, 3.8) is 0 Å². The largest absolute Gasteiger partial charge is 0.353 e. The zero-order chi connectivity index (χ0) is 18.4. The number of nitrogens with zero attached hydrogens (tertiary/aromatic N) is 4. The van der Waals surface area contributed by atoms with Gasteiger partial charge >= 0.3 is 0 Å². The first-order chi connectivity index (χ1) is 12.7. The van der Waals surface area contributed by atoms with Gasteiger partial charge < -0.3 is 10.2 Å². The second kappa shape index (κ2) is 8.63. The minimum atomic E-state index is 0.524. The topological polar surface area (TPSA) is 53.9 Å². The predicted octanol–water partition coefficient (Wildman–Crippen LogP) is 4.65. The third-order valence-electron chi connectivity index (χ3n) is 4.04. The highest BCUT2D eigenvalue weighted by Gasteiger charge is 2.11. The molecule has 0 spiro atoms. The third kappa shape index (κ3) is 4.70. The molecule has 0 atom stereocenters. The van der Waals surface area contributed by atoms with Crippen LogP contribution in [0.15, 0.2) is 54.7 Å². The third-order valence-corrected chi connectivity index (χ3v) is 4.27. The van der Waals surface area contributed by atoms with Gasteiger partial charge in [-0.3, -0.25) is 0 Å². The van der Waals surface area contributed by atoms with Gasteiger partial charge in [0.1, 0.15) is 0 Å². The number of anilines is 3. The maximum absolute atomic E-state index is 6.02. The molecule has 2 aromatic carbocycles. The van der Waals surface area contributed by atoms with E-state index in [-0.39, 0.29) is 0 Å². The number of nitrogens with one attached hydrogen (secondary N) is 1. The van der Waals surface area contributed by atoms with Gasteiger partial charge in [-0.05, 0) is 55.7 Å². The quantitative estimate of drug-likeness (QED) is 0.659. The monoisotopic (exact) mass is 367 g/mol. The maximum Gasteiger partial charge on any atom is 0.244 e.